The van der Waals surface area contributed by atoms with E-state index in [9.17, 15) is 18.3 Å². The molecule has 0 fully saturated rings. The Kier molecular flexibility index (Phi) is 6.48. The first-order chi connectivity index (χ1) is 17.8. The first kappa shape index (κ1) is 24.2. The molecule has 5 N–H and O–H groups in total. The largest absolute Gasteiger partial charge is 0.507 e. The number of hydrogen-bond donors (Lipinski definition) is 4. The number of aromatic hydroxyl groups is 1. The van der Waals surface area contributed by atoms with E-state index in [1.165, 1.54) is 16.8 Å². The Balaban J connectivity index is 1.16. The number of halogens is 3. The lowest BCUT2D eigenvalue weighted by Crippen LogP contribution is -2.12. The van der Waals surface area contributed by atoms with Crippen molar-refractivity contribution in [3.05, 3.63) is 72.0 Å². The summed E-state index contributed by atoms with van der Waals surface area (Å²) in [5, 5.41) is 16.8. The second-order valence-corrected chi connectivity index (χ2v) is 8.66. The highest BCUT2D eigenvalue weighted by atomic mass is 32.2. The second-order valence-electron chi connectivity index (χ2n) is 7.78. The van der Waals surface area contributed by atoms with E-state index in [1.807, 2.05) is 24.3 Å². The summed E-state index contributed by atoms with van der Waals surface area (Å²) in [5.41, 5.74) is 6.65. The fourth-order valence-corrected chi connectivity index (χ4v) is 4.06. The zero-order chi connectivity index (χ0) is 26.0. The zero-order valence-electron chi connectivity index (χ0n) is 18.9. The number of nitrogens with two attached hydrogens (primary N) is 1. The fourth-order valence-electron chi connectivity index (χ4n) is 3.38. The first-order valence-corrected chi connectivity index (χ1v) is 11.7. The Morgan fingerprint density at radius 1 is 1.05 bits per heavy atom. The number of nitrogen functional groups attached to an aromatic ring is 1. The number of hydrogen-bond acceptors (Lipinski definition) is 10. The van der Waals surface area contributed by atoms with Gasteiger partial charge in [-0.05, 0) is 66.4 Å². The molecular weight excluding hydrogens is 509 g/mol. The summed E-state index contributed by atoms with van der Waals surface area (Å²) >= 11 is 1.02. The van der Waals surface area contributed by atoms with Crippen molar-refractivity contribution in [2.45, 2.75) is 17.5 Å². The van der Waals surface area contributed by atoms with Crippen molar-refractivity contribution in [3.63, 3.8) is 0 Å². The van der Waals surface area contributed by atoms with Crippen molar-refractivity contribution in [3.8, 4) is 17.3 Å². The van der Waals surface area contributed by atoms with E-state index in [4.69, 9.17) is 10.2 Å². The summed E-state index contributed by atoms with van der Waals surface area (Å²) in [6.45, 7) is 0.518. The summed E-state index contributed by atoms with van der Waals surface area (Å²) < 4.78 is 48.5. The van der Waals surface area contributed by atoms with E-state index in [0.717, 1.165) is 29.6 Å². The third-order valence-corrected chi connectivity index (χ3v) is 6.01. The van der Waals surface area contributed by atoms with Crippen molar-refractivity contribution in [2.75, 3.05) is 22.3 Å². The van der Waals surface area contributed by atoms with Crippen molar-refractivity contribution in [1.82, 2.24) is 24.6 Å². The number of phenols is 1. The molecule has 0 unspecified atom stereocenters. The topological polar surface area (TPSA) is 139 Å². The van der Waals surface area contributed by atoms with Crippen molar-refractivity contribution in [2.24, 2.45) is 0 Å². The molecule has 0 amide bonds. The third kappa shape index (κ3) is 5.53. The highest BCUT2D eigenvalue weighted by Gasteiger charge is 2.34. The molecule has 190 valence electrons. The Hall–Kier alpha value is -4.46. The molecule has 0 radical (unpaired) electrons. The van der Waals surface area contributed by atoms with Gasteiger partial charge < -0.3 is 25.3 Å². The highest BCUT2D eigenvalue weighted by molar-refractivity contribution is 8.00. The van der Waals surface area contributed by atoms with Crippen LogP contribution in [-0.2, 0) is 12.6 Å². The summed E-state index contributed by atoms with van der Waals surface area (Å²) in [6.07, 6.45) is -2.45. The lowest BCUT2D eigenvalue weighted by Gasteiger charge is -2.11. The lowest BCUT2D eigenvalue weighted by atomic mass is 10.1. The maximum atomic E-state index is 13.0. The first-order valence-electron chi connectivity index (χ1n) is 10.9. The highest BCUT2D eigenvalue weighted by Crippen LogP contribution is 2.38. The van der Waals surface area contributed by atoms with Crippen LogP contribution in [-0.4, -0.2) is 36.2 Å². The van der Waals surface area contributed by atoms with E-state index in [-0.39, 0.29) is 11.7 Å². The predicted molar refractivity (Wildman–Crippen MR) is 132 cm³/mol. The number of phenolic OH excluding ortho intramolecular Hbond substituents is 1. The second kappa shape index (κ2) is 9.89. The molecule has 0 aliphatic heterocycles. The number of anilines is 3. The number of fused-ring (bicyclic) bond motifs is 1. The van der Waals surface area contributed by atoms with E-state index in [0.29, 0.717) is 41.1 Å². The van der Waals surface area contributed by atoms with Gasteiger partial charge in [-0.25, -0.2) is 0 Å². The van der Waals surface area contributed by atoms with Crippen LogP contribution in [0.1, 0.15) is 11.1 Å². The molecule has 2 aromatic carbocycles. The van der Waals surface area contributed by atoms with Crippen LogP contribution in [0.5, 0.6) is 5.75 Å². The number of furan rings is 1. The SMILES string of the molecule is Nc1nc(NCCc2ccc(NSc3ccc(O)c(C(F)(F)F)c3)cc2)nc2nc(-c3ccco3)nn12. The van der Waals surface area contributed by atoms with Crippen LogP contribution < -0.4 is 15.8 Å². The van der Waals surface area contributed by atoms with Crippen molar-refractivity contribution >= 4 is 35.3 Å². The van der Waals surface area contributed by atoms with E-state index < -0.39 is 17.5 Å². The van der Waals surface area contributed by atoms with Crippen molar-refractivity contribution < 1.29 is 22.7 Å². The number of nitrogens with one attached hydrogen (secondary N) is 2. The molecule has 3 heterocycles. The van der Waals surface area contributed by atoms with Gasteiger partial charge >= 0.3 is 6.18 Å². The minimum absolute atomic E-state index is 0.127. The molecule has 5 aromatic rings. The van der Waals surface area contributed by atoms with Gasteiger partial charge in [0.1, 0.15) is 5.75 Å². The van der Waals surface area contributed by atoms with Gasteiger partial charge in [-0.3, -0.25) is 0 Å². The molecule has 5 rings (SSSR count). The molecule has 10 nitrogen and oxygen atoms in total. The Morgan fingerprint density at radius 2 is 1.86 bits per heavy atom. The van der Waals surface area contributed by atoms with E-state index >= 15 is 0 Å². The number of rotatable bonds is 8. The van der Waals surface area contributed by atoms with Gasteiger partial charge in [0, 0.05) is 17.1 Å². The van der Waals surface area contributed by atoms with Gasteiger partial charge in [-0.15, -0.1) is 5.10 Å². The molecule has 0 atom stereocenters. The monoisotopic (exact) mass is 528 g/mol. The van der Waals surface area contributed by atoms with Crippen LogP contribution in [0.25, 0.3) is 17.4 Å². The lowest BCUT2D eigenvalue weighted by molar-refractivity contribution is -0.138. The van der Waals surface area contributed by atoms with Crippen LogP contribution in [0.15, 0.2) is 70.2 Å². The van der Waals surface area contributed by atoms with Gasteiger partial charge in [0.05, 0.1) is 11.8 Å². The minimum atomic E-state index is -4.63. The van der Waals surface area contributed by atoms with Crippen LogP contribution in [0, 0.1) is 0 Å². The molecule has 3 aromatic heterocycles. The smallest absolute Gasteiger partial charge is 0.419 e. The van der Waals surface area contributed by atoms with Gasteiger partial charge in [0.2, 0.25) is 17.7 Å². The molecular formula is C23H19F3N8O2S. The molecule has 0 spiro atoms. The van der Waals surface area contributed by atoms with E-state index in [2.05, 4.69) is 30.1 Å². The van der Waals surface area contributed by atoms with Crippen LogP contribution in [0.3, 0.4) is 0 Å². The van der Waals surface area contributed by atoms with Crippen LogP contribution >= 0.6 is 11.9 Å². The van der Waals surface area contributed by atoms with Crippen LogP contribution in [0.4, 0.5) is 30.8 Å². The number of alkyl halides is 3. The number of nitrogens with zero attached hydrogens (tertiary/aromatic N) is 5. The zero-order valence-corrected chi connectivity index (χ0v) is 19.7. The molecule has 37 heavy (non-hydrogen) atoms. The molecule has 0 saturated heterocycles. The van der Waals surface area contributed by atoms with Crippen LogP contribution in [0.2, 0.25) is 0 Å². The normalized spacial score (nSPS) is 11.6. The maximum Gasteiger partial charge on any atom is 0.419 e. The number of benzene rings is 2. The number of aromatic nitrogens is 5. The standard InChI is InChI=1S/C23H19F3N8O2S/c24-23(25,26)16-12-15(7-8-17(16)35)37-33-14-5-3-13(4-6-14)9-10-28-21-30-20(27)34-22(31-21)29-19(32-34)18-2-1-11-36-18/h1-8,11-12,33,35H,9-10H2,(H3,27,28,29,30,31,32). The molecule has 0 saturated carbocycles. The van der Waals surface area contributed by atoms with Gasteiger partial charge in [-0.2, -0.15) is 32.6 Å². The van der Waals surface area contributed by atoms with Crippen molar-refractivity contribution in [1.29, 1.82) is 0 Å². The summed E-state index contributed by atoms with van der Waals surface area (Å²) in [5.74, 6) is 0.756. The minimum Gasteiger partial charge on any atom is -0.507 e. The fraction of sp³-hybridized carbons (Fsp3) is 0.130. The summed E-state index contributed by atoms with van der Waals surface area (Å²) in [7, 11) is 0. The quantitative estimate of drug-likeness (QED) is 0.207. The van der Waals surface area contributed by atoms with Gasteiger partial charge in [0.15, 0.2) is 5.76 Å². The summed E-state index contributed by atoms with van der Waals surface area (Å²) in [6, 6.07) is 14.2. The predicted octanol–water partition coefficient (Wildman–Crippen LogP) is 4.86. The summed E-state index contributed by atoms with van der Waals surface area (Å²) in [4.78, 5) is 13.2. The molecule has 0 bridgehead atoms. The molecule has 0 aliphatic rings. The maximum absolute atomic E-state index is 13.0. The van der Waals surface area contributed by atoms with E-state index in [1.54, 1.807) is 12.1 Å². The molecule has 0 aliphatic carbocycles. The van der Waals surface area contributed by atoms with Gasteiger partial charge in [0.25, 0.3) is 5.78 Å². The average molecular weight is 529 g/mol. The Bertz CT molecular complexity index is 1520. The Morgan fingerprint density at radius 3 is 2.59 bits per heavy atom. The van der Waals surface area contributed by atoms with Gasteiger partial charge in [-0.1, -0.05) is 12.1 Å². The average Bonchev–Trinajstić information content (AvgIpc) is 3.54. The Labute approximate surface area is 211 Å². The third-order valence-electron chi connectivity index (χ3n) is 5.19. The molecule has 14 heteroatoms.